The molecule has 3 aromatic rings. The smallest absolute Gasteiger partial charge is 0.293 e. The molecule has 3 aliphatic heterocycles. The summed E-state index contributed by atoms with van der Waals surface area (Å²) < 4.78 is 74.1. The number of fused-ring (bicyclic) bond motifs is 5. The van der Waals surface area contributed by atoms with Crippen molar-refractivity contribution in [3.63, 3.8) is 0 Å². The highest BCUT2D eigenvalue weighted by molar-refractivity contribution is 7.17. The Kier molecular flexibility index (Phi) is 3.84. The van der Waals surface area contributed by atoms with Gasteiger partial charge in [0.15, 0.2) is 10.9 Å². The SMILES string of the molecule is [2H]C1([2H])OCc2c(sc3c2C(c2c(F)cccc2F)=N[C@@H](C)c2nc(C(=O)N4CCC4)nn2-3)OC1([2H])[2H]. The van der Waals surface area contributed by atoms with E-state index in [0.717, 1.165) is 29.9 Å². The van der Waals surface area contributed by atoms with Crippen LogP contribution in [0, 0.1) is 11.6 Å². The second-order valence-corrected chi connectivity index (χ2v) is 8.71. The molecule has 170 valence electrons. The van der Waals surface area contributed by atoms with Crippen LogP contribution in [0.3, 0.4) is 0 Å². The van der Waals surface area contributed by atoms with Gasteiger partial charge in [0.25, 0.3) is 5.91 Å². The van der Waals surface area contributed by atoms with Gasteiger partial charge in [-0.15, -0.1) is 5.10 Å². The first-order valence-electron chi connectivity index (χ1n) is 12.3. The van der Waals surface area contributed by atoms with Gasteiger partial charge in [-0.2, -0.15) is 0 Å². The van der Waals surface area contributed by atoms with Crippen molar-refractivity contribution in [1.29, 1.82) is 0 Å². The lowest BCUT2D eigenvalue weighted by atomic mass is 9.99. The highest BCUT2D eigenvalue weighted by Crippen LogP contribution is 2.44. The van der Waals surface area contributed by atoms with Crippen LogP contribution in [0.4, 0.5) is 8.78 Å². The standard InChI is InChI=1S/C22H19F2N5O3S/c1-11-19-26-18(20(30)28-6-3-7-28)27-29(19)21-15(12-10-31-8-9-32-22(12)33-21)17(25-11)16-13(23)4-2-5-14(16)24/h2,4-5,11H,3,6-10H2,1H3/t11-/m0/s1/i8D2,9D2. The van der Waals surface area contributed by atoms with E-state index in [1.165, 1.54) is 10.7 Å². The summed E-state index contributed by atoms with van der Waals surface area (Å²) in [4.78, 5) is 23.4. The van der Waals surface area contributed by atoms with Gasteiger partial charge < -0.3 is 14.4 Å². The zero-order valence-corrected chi connectivity index (χ0v) is 18.1. The van der Waals surface area contributed by atoms with Crippen LogP contribution < -0.4 is 4.74 Å². The normalized spacial score (nSPS) is 24.2. The van der Waals surface area contributed by atoms with Gasteiger partial charge >= 0.3 is 0 Å². The highest BCUT2D eigenvalue weighted by Gasteiger charge is 2.36. The van der Waals surface area contributed by atoms with Crippen molar-refractivity contribution in [1.82, 2.24) is 19.7 Å². The number of thiophene rings is 1. The second-order valence-electron chi connectivity index (χ2n) is 7.74. The van der Waals surface area contributed by atoms with Crippen molar-refractivity contribution in [2.24, 2.45) is 4.99 Å². The Balaban J connectivity index is 1.60. The van der Waals surface area contributed by atoms with E-state index in [2.05, 4.69) is 15.1 Å². The fourth-order valence-corrected chi connectivity index (χ4v) is 5.05. The molecule has 0 saturated carbocycles. The van der Waals surface area contributed by atoms with Crippen molar-refractivity contribution >= 4 is 23.0 Å². The molecule has 0 aliphatic carbocycles. The third kappa shape index (κ3) is 3.17. The van der Waals surface area contributed by atoms with Crippen LogP contribution in [-0.4, -0.2) is 57.5 Å². The molecular weight excluding hydrogens is 452 g/mol. The maximum absolute atomic E-state index is 15.0. The van der Waals surface area contributed by atoms with Gasteiger partial charge in [0.1, 0.15) is 29.2 Å². The topological polar surface area (TPSA) is 81.8 Å². The van der Waals surface area contributed by atoms with Gasteiger partial charge in [0.05, 0.1) is 29.9 Å². The summed E-state index contributed by atoms with van der Waals surface area (Å²) in [7, 11) is 0. The van der Waals surface area contributed by atoms with Crippen LogP contribution in [0.2, 0.25) is 0 Å². The number of halogens is 2. The van der Waals surface area contributed by atoms with Crippen molar-refractivity contribution < 1.29 is 28.5 Å². The first-order chi connectivity index (χ1) is 17.5. The lowest BCUT2D eigenvalue weighted by molar-refractivity contribution is 0.0639. The number of carbonyl (C=O) groups is 1. The molecule has 1 aromatic carbocycles. The number of ether oxygens (including phenoxy) is 2. The number of benzene rings is 1. The molecule has 1 saturated heterocycles. The fraction of sp³-hybridized carbons (Fsp3) is 0.364. The molecule has 11 heteroatoms. The zero-order valence-electron chi connectivity index (χ0n) is 21.3. The number of nitrogens with zero attached hydrogens (tertiary/aromatic N) is 5. The minimum atomic E-state index is -2.88. The minimum absolute atomic E-state index is 0.0596. The van der Waals surface area contributed by atoms with Crippen LogP contribution in [0.25, 0.3) is 5.00 Å². The van der Waals surface area contributed by atoms with E-state index >= 15 is 8.78 Å². The molecule has 1 atom stereocenters. The number of hydrogen-bond acceptors (Lipinski definition) is 7. The number of carbonyl (C=O) groups excluding carboxylic acids is 1. The van der Waals surface area contributed by atoms with Crippen LogP contribution in [-0.2, 0) is 11.3 Å². The number of aromatic nitrogens is 3. The van der Waals surface area contributed by atoms with E-state index in [0.29, 0.717) is 13.1 Å². The molecule has 2 aromatic heterocycles. The lowest BCUT2D eigenvalue weighted by Gasteiger charge is -2.29. The molecule has 8 nitrogen and oxygen atoms in total. The molecule has 0 N–H and O–H groups in total. The molecule has 0 bridgehead atoms. The predicted octanol–water partition coefficient (Wildman–Crippen LogP) is 3.27. The van der Waals surface area contributed by atoms with Crippen LogP contribution in [0.1, 0.15) is 58.0 Å². The minimum Gasteiger partial charge on any atom is -0.481 e. The second kappa shape index (κ2) is 7.70. The van der Waals surface area contributed by atoms with E-state index in [1.807, 2.05) is 0 Å². The van der Waals surface area contributed by atoms with Crippen LogP contribution in [0.15, 0.2) is 23.2 Å². The van der Waals surface area contributed by atoms with Gasteiger partial charge in [-0.05, 0) is 25.5 Å². The average molecular weight is 476 g/mol. The van der Waals surface area contributed by atoms with Crippen molar-refractivity contribution in [2.75, 3.05) is 26.2 Å². The number of likely N-dealkylation sites (tertiary alicyclic amines) is 1. The number of rotatable bonds is 2. The van der Waals surface area contributed by atoms with Gasteiger partial charge in [-0.3, -0.25) is 9.79 Å². The summed E-state index contributed by atoms with van der Waals surface area (Å²) in [6.07, 6.45) is 0.881. The fourth-order valence-electron chi connectivity index (χ4n) is 3.97. The summed E-state index contributed by atoms with van der Waals surface area (Å²) in [5.74, 6) is -1.92. The van der Waals surface area contributed by atoms with Gasteiger partial charge in [0.2, 0.25) is 5.82 Å². The molecular formula is C22H19F2N5O3S. The van der Waals surface area contributed by atoms with Gasteiger partial charge in [-0.1, -0.05) is 17.4 Å². The number of hydrogen-bond donors (Lipinski definition) is 0. The quantitative estimate of drug-likeness (QED) is 0.568. The van der Waals surface area contributed by atoms with Crippen LogP contribution >= 0.6 is 11.3 Å². The molecule has 5 heterocycles. The Hall–Kier alpha value is -3.18. The highest BCUT2D eigenvalue weighted by atomic mass is 32.1. The summed E-state index contributed by atoms with van der Waals surface area (Å²) >= 11 is 0.876. The summed E-state index contributed by atoms with van der Waals surface area (Å²) in [5.41, 5.74) is -0.239. The van der Waals surface area contributed by atoms with E-state index < -0.39 is 43.0 Å². The summed E-state index contributed by atoms with van der Waals surface area (Å²) in [6, 6.07) is 2.62. The van der Waals surface area contributed by atoms with Gasteiger partial charge in [0, 0.05) is 24.2 Å². The van der Waals surface area contributed by atoms with Crippen molar-refractivity contribution in [2.45, 2.75) is 26.0 Å². The predicted molar refractivity (Wildman–Crippen MR) is 115 cm³/mol. The first kappa shape index (κ1) is 16.4. The van der Waals surface area contributed by atoms with E-state index in [-0.39, 0.29) is 44.5 Å². The Morgan fingerprint density at radius 2 is 2.03 bits per heavy atom. The monoisotopic (exact) mass is 475 g/mol. The largest absolute Gasteiger partial charge is 0.481 e. The Morgan fingerprint density at radius 3 is 2.76 bits per heavy atom. The van der Waals surface area contributed by atoms with Crippen LogP contribution in [0.5, 0.6) is 5.06 Å². The Bertz CT molecular complexity index is 1470. The van der Waals surface area contributed by atoms with E-state index in [9.17, 15) is 4.79 Å². The van der Waals surface area contributed by atoms with E-state index in [1.54, 1.807) is 11.8 Å². The van der Waals surface area contributed by atoms with E-state index in [4.69, 9.17) is 15.0 Å². The van der Waals surface area contributed by atoms with Crippen molar-refractivity contribution in [3.05, 3.63) is 58.2 Å². The lowest BCUT2D eigenvalue weighted by Crippen LogP contribution is -2.42. The molecule has 1 amide bonds. The maximum atomic E-state index is 15.0. The molecule has 6 rings (SSSR count). The summed E-state index contributed by atoms with van der Waals surface area (Å²) in [6.45, 7) is -3.33. The van der Waals surface area contributed by atoms with Gasteiger partial charge in [-0.25, -0.2) is 18.4 Å². The first-order valence-corrected chi connectivity index (χ1v) is 11.1. The molecule has 0 radical (unpaired) electrons. The molecule has 1 fully saturated rings. The average Bonchev–Trinajstić information content (AvgIpc) is 3.32. The molecule has 0 spiro atoms. The number of amides is 1. The van der Waals surface area contributed by atoms with Crippen molar-refractivity contribution in [3.8, 4) is 10.1 Å². The summed E-state index contributed by atoms with van der Waals surface area (Å²) in [5, 5.41) is 4.59. The maximum Gasteiger partial charge on any atom is 0.293 e. The number of aliphatic imine (C=N–C) groups is 1. The third-order valence-electron chi connectivity index (χ3n) is 5.72. The molecule has 3 aliphatic rings. The molecule has 0 unspecified atom stereocenters. The Labute approximate surface area is 197 Å². The molecule has 33 heavy (non-hydrogen) atoms. The third-order valence-corrected chi connectivity index (χ3v) is 6.80. The Morgan fingerprint density at radius 1 is 1.24 bits per heavy atom. The zero-order chi connectivity index (χ0) is 26.3.